The Morgan fingerprint density at radius 2 is 1.86 bits per heavy atom. The van der Waals surface area contributed by atoms with E-state index in [0.717, 1.165) is 0 Å². The maximum Gasteiger partial charge on any atom is 0.302 e. The first-order valence-corrected chi connectivity index (χ1v) is 10.6. The van der Waals surface area contributed by atoms with Crippen molar-refractivity contribution in [2.75, 3.05) is 12.5 Å². The van der Waals surface area contributed by atoms with Gasteiger partial charge in [0, 0.05) is 43.4 Å². The van der Waals surface area contributed by atoms with Crippen LogP contribution in [0.3, 0.4) is 0 Å². The van der Waals surface area contributed by atoms with Crippen LogP contribution in [0.4, 0.5) is 0 Å². The number of halogens is 1. The van der Waals surface area contributed by atoms with E-state index < -0.39 is 34.8 Å². The minimum atomic E-state index is -0.786. The van der Waals surface area contributed by atoms with Crippen LogP contribution in [0.2, 0.25) is 0 Å². The van der Waals surface area contributed by atoms with Crippen LogP contribution in [0.1, 0.15) is 41.0 Å². The topological polar surface area (TPSA) is 89.5 Å². The smallest absolute Gasteiger partial charge is 0.302 e. The van der Waals surface area contributed by atoms with Gasteiger partial charge >= 0.3 is 11.9 Å². The monoisotopic (exact) mass is 430 g/mol. The molecule has 0 amide bonds. The first kappa shape index (κ1) is 20.0. The van der Waals surface area contributed by atoms with E-state index in [0.29, 0.717) is 12.3 Å². The summed E-state index contributed by atoms with van der Waals surface area (Å²) in [6.07, 6.45) is -1.22. The largest absolute Gasteiger partial charge is 0.463 e. The summed E-state index contributed by atoms with van der Waals surface area (Å²) >= 11 is 6.39. The molecule has 2 saturated carbocycles. The van der Waals surface area contributed by atoms with Crippen LogP contribution in [0, 0.1) is 17.3 Å². The summed E-state index contributed by atoms with van der Waals surface area (Å²) in [6.45, 7) is 8.65. The molecule has 0 aromatic rings. The summed E-state index contributed by atoms with van der Waals surface area (Å²) in [5.74, 6) is -1.47. The molecule has 5 rings (SSSR count). The molecule has 5 aliphatic rings. The molecular weight excluding hydrogens is 404 g/mol. The van der Waals surface area contributed by atoms with Gasteiger partial charge in [-0.2, -0.15) is 0 Å². The highest BCUT2D eigenvalue weighted by Crippen LogP contribution is 2.80. The predicted octanol–water partition coefficient (Wildman–Crippen LogP) is 1.76. The predicted molar refractivity (Wildman–Crippen MR) is 97.9 cm³/mol. The molecule has 29 heavy (non-hydrogen) atoms. The van der Waals surface area contributed by atoms with Crippen LogP contribution in [0.15, 0.2) is 0 Å². The van der Waals surface area contributed by atoms with Gasteiger partial charge in [-0.1, -0.05) is 6.92 Å². The van der Waals surface area contributed by atoms with Gasteiger partial charge < -0.3 is 28.4 Å². The molecule has 0 aromatic heterocycles. The van der Waals surface area contributed by atoms with Gasteiger partial charge in [0.2, 0.25) is 0 Å². The van der Waals surface area contributed by atoms with E-state index in [1.807, 2.05) is 13.8 Å². The zero-order valence-corrected chi connectivity index (χ0v) is 18.0. The quantitative estimate of drug-likeness (QED) is 0.492. The van der Waals surface area contributed by atoms with E-state index in [9.17, 15) is 9.59 Å². The van der Waals surface area contributed by atoms with Crippen LogP contribution in [0.25, 0.3) is 0 Å². The summed E-state index contributed by atoms with van der Waals surface area (Å²) in [5.41, 5.74) is -1.93. The first-order valence-electron chi connectivity index (χ1n) is 10.1. The number of hydrogen-bond donors (Lipinski definition) is 0. The second kappa shape index (κ2) is 5.85. The summed E-state index contributed by atoms with van der Waals surface area (Å²) in [6, 6.07) is 0. The van der Waals surface area contributed by atoms with Crippen molar-refractivity contribution < 1.29 is 38.0 Å². The number of esters is 2. The van der Waals surface area contributed by atoms with Crippen LogP contribution in [-0.2, 0) is 38.0 Å². The molecule has 0 radical (unpaired) electrons. The van der Waals surface area contributed by atoms with Crippen LogP contribution in [0.5, 0.6) is 0 Å². The van der Waals surface area contributed by atoms with Gasteiger partial charge in [0.15, 0.2) is 12.1 Å². The molecule has 0 N–H and O–H groups in total. The second-order valence-electron chi connectivity index (χ2n) is 9.58. The van der Waals surface area contributed by atoms with Gasteiger partial charge in [-0.25, -0.2) is 0 Å². The van der Waals surface area contributed by atoms with Gasteiger partial charge in [-0.05, 0) is 13.8 Å². The number of fused-ring (bicyclic) bond motifs is 1. The van der Waals surface area contributed by atoms with E-state index in [2.05, 4.69) is 6.92 Å². The molecule has 0 bridgehead atoms. The van der Waals surface area contributed by atoms with Crippen LogP contribution >= 0.6 is 11.6 Å². The molecule has 3 saturated heterocycles. The molecule has 3 aliphatic heterocycles. The van der Waals surface area contributed by atoms with E-state index in [1.54, 1.807) is 0 Å². The zero-order chi connectivity index (χ0) is 21.0. The molecule has 3 heterocycles. The lowest BCUT2D eigenvalue weighted by Crippen LogP contribution is -2.95. The lowest BCUT2D eigenvalue weighted by molar-refractivity contribution is -0.501. The molecule has 9 heteroatoms. The first-order chi connectivity index (χ1) is 13.5. The van der Waals surface area contributed by atoms with Crippen molar-refractivity contribution >= 4 is 23.5 Å². The van der Waals surface area contributed by atoms with E-state index in [-0.39, 0.29) is 42.6 Å². The molecule has 1 spiro atoms. The third kappa shape index (κ3) is 2.24. The number of rotatable bonds is 4. The Morgan fingerprint density at radius 3 is 2.48 bits per heavy atom. The van der Waals surface area contributed by atoms with E-state index >= 15 is 0 Å². The molecule has 9 atom stereocenters. The maximum absolute atomic E-state index is 11.8. The highest BCUT2D eigenvalue weighted by Gasteiger charge is 2.93. The van der Waals surface area contributed by atoms with E-state index in [4.69, 9.17) is 40.0 Å². The van der Waals surface area contributed by atoms with Crippen molar-refractivity contribution in [3.63, 3.8) is 0 Å². The number of carbonyl (C=O) groups is 2. The fourth-order valence-electron chi connectivity index (χ4n) is 6.95. The van der Waals surface area contributed by atoms with Crippen molar-refractivity contribution in [1.82, 2.24) is 0 Å². The minimum Gasteiger partial charge on any atom is -0.463 e. The average molecular weight is 431 g/mol. The van der Waals surface area contributed by atoms with Crippen molar-refractivity contribution in [3.8, 4) is 0 Å². The van der Waals surface area contributed by atoms with Gasteiger partial charge in [-0.15, -0.1) is 11.6 Å². The molecule has 0 aromatic carbocycles. The number of hydrogen-bond acceptors (Lipinski definition) is 8. The van der Waals surface area contributed by atoms with Crippen molar-refractivity contribution in [2.24, 2.45) is 17.3 Å². The summed E-state index contributed by atoms with van der Waals surface area (Å²) in [7, 11) is 0. The standard InChI is InChI=1S/C20H27ClO8/c1-9(22)24-8-19-11(7-21)18(5)12(25-10(2)23)6-13-20(29-19,16(18)19)14-15(26-13)28-17(3,4)27-14/h11-16H,6-8H2,1-5H3/t11-,12?,13+,14-,15+,16?,18?,19?,20?/m0/s1. The number of carbonyl (C=O) groups excluding carboxylic acids is 2. The van der Waals surface area contributed by atoms with Crippen molar-refractivity contribution in [1.29, 1.82) is 0 Å². The van der Waals surface area contributed by atoms with E-state index in [1.165, 1.54) is 13.8 Å². The van der Waals surface area contributed by atoms with Crippen molar-refractivity contribution in [2.45, 2.75) is 82.6 Å². The Morgan fingerprint density at radius 1 is 1.14 bits per heavy atom. The second-order valence-corrected chi connectivity index (χ2v) is 9.89. The number of alkyl halides is 1. The zero-order valence-electron chi connectivity index (χ0n) is 17.2. The summed E-state index contributed by atoms with van der Waals surface area (Å²) in [5, 5.41) is 0. The SMILES string of the molecule is CC(=O)OCC12OC34C1C(C)(C(OC(C)=O)C[C@H]3O[C@@H]1OC(C)(C)O[C@@H]14)[C@@H]2CCl. The normalized spacial score (nSPS) is 53.0. The van der Waals surface area contributed by atoms with Crippen molar-refractivity contribution in [3.05, 3.63) is 0 Å². The molecule has 8 nitrogen and oxygen atoms in total. The highest BCUT2D eigenvalue weighted by atomic mass is 35.5. The van der Waals surface area contributed by atoms with Gasteiger partial charge in [0.05, 0.1) is 6.10 Å². The molecular formula is C20H27ClO8. The molecule has 162 valence electrons. The maximum atomic E-state index is 11.8. The fourth-order valence-corrected chi connectivity index (χ4v) is 7.54. The van der Waals surface area contributed by atoms with Gasteiger partial charge in [0.1, 0.15) is 30.0 Å². The molecule has 5 fully saturated rings. The fraction of sp³-hybridized carbons (Fsp3) is 0.900. The molecule has 5 unspecified atom stereocenters. The summed E-state index contributed by atoms with van der Waals surface area (Å²) < 4.78 is 36.2. The Hall–Kier alpha value is -0.930. The Balaban J connectivity index is 1.56. The Bertz CT molecular complexity index is 772. The summed E-state index contributed by atoms with van der Waals surface area (Å²) in [4.78, 5) is 23.4. The average Bonchev–Trinajstić information content (AvgIpc) is 3.01. The third-order valence-electron chi connectivity index (χ3n) is 7.66. The third-order valence-corrected chi connectivity index (χ3v) is 7.97. The van der Waals surface area contributed by atoms with Gasteiger partial charge in [-0.3, -0.25) is 9.59 Å². The lowest BCUT2D eigenvalue weighted by atomic mass is 9.32. The Labute approximate surface area is 174 Å². The molecule has 2 aliphatic carbocycles. The minimum absolute atomic E-state index is 0.100. The lowest BCUT2D eigenvalue weighted by Gasteiger charge is -2.82. The van der Waals surface area contributed by atoms with Crippen LogP contribution in [-0.4, -0.2) is 66.0 Å². The Kier molecular flexibility index (Phi) is 4.04. The van der Waals surface area contributed by atoms with Crippen LogP contribution < -0.4 is 0 Å². The number of ether oxygens (including phenoxy) is 6. The highest BCUT2D eigenvalue weighted by molar-refractivity contribution is 6.18. The van der Waals surface area contributed by atoms with Gasteiger partial charge in [0.25, 0.3) is 0 Å².